The molecule has 1 N–H and O–H groups in total. The number of rotatable bonds is 13. The molecule has 210 valence electrons. The molecule has 1 atom stereocenters. The van der Waals surface area contributed by atoms with Gasteiger partial charge in [0.25, 0.3) is 8.32 Å². The largest absolute Gasteiger partial charge is 0.497 e. The third kappa shape index (κ3) is 7.92. The van der Waals surface area contributed by atoms with Crippen molar-refractivity contribution in [2.24, 2.45) is 5.41 Å². The van der Waals surface area contributed by atoms with E-state index in [4.69, 9.17) is 13.9 Å². The van der Waals surface area contributed by atoms with E-state index in [2.05, 4.69) is 107 Å². The van der Waals surface area contributed by atoms with Crippen molar-refractivity contribution in [3.8, 4) is 5.75 Å². The lowest BCUT2D eigenvalue weighted by atomic mass is 9.81. The Morgan fingerprint density at radius 2 is 1.31 bits per heavy atom. The lowest BCUT2D eigenvalue weighted by Crippen LogP contribution is -2.66. The molecule has 3 rings (SSSR count). The van der Waals surface area contributed by atoms with Crippen LogP contribution in [0.5, 0.6) is 5.75 Å². The normalized spacial score (nSPS) is 14.4. The fourth-order valence-corrected chi connectivity index (χ4v) is 9.96. The van der Waals surface area contributed by atoms with Gasteiger partial charge in [0.1, 0.15) is 5.75 Å². The van der Waals surface area contributed by atoms with Gasteiger partial charge in [0, 0.05) is 0 Å². The van der Waals surface area contributed by atoms with Crippen LogP contribution in [0, 0.1) is 5.41 Å². The van der Waals surface area contributed by atoms with Crippen molar-refractivity contribution >= 4 is 18.7 Å². The lowest BCUT2D eigenvalue weighted by Gasteiger charge is -2.43. The number of benzene rings is 3. The summed E-state index contributed by atoms with van der Waals surface area (Å²) in [6.45, 7) is 14.1. The summed E-state index contributed by atoms with van der Waals surface area (Å²) in [5, 5.41) is 12.7. The van der Waals surface area contributed by atoms with Gasteiger partial charge >= 0.3 is 0 Å². The molecule has 0 saturated heterocycles. The Kier molecular flexibility index (Phi) is 10.4. The quantitative estimate of drug-likeness (QED) is 0.196. The van der Waals surface area contributed by atoms with Crippen molar-refractivity contribution in [3.63, 3.8) is 0 Å². The predicted octanol–water partition coefficient (Wildman–Crippen LogP) is 6.51. The van der Waals surface area contributed by atoms with Crippen LogP contribution in [0.1, 0.15) is 53.5 Å². The summed E-state index contributed by atoms with van der Waals surface area (Å²) in [7, 11) is -0.925. The van der Waals surface area contributed by atoms with E-state index in [0.29, 0.717) is 19.6 Å². The van der Waals surface area contributed by atoms with Gasteiger partial charge in [0.2, 0.25) is 0 Å². The summed E-state index contributed by atoms with van der Waals surface area (Å²) in [5.74, 6) is 0.815. The third-order valence-corrected chi connectivity index (χ3v) is 12.3. The first kappa shape index (κ1) is 30.8. The summed E-state index contributed by atoms with van der Waals surface area (Å²) in [5.41, 5.74) is 0.168. The smallest absolute Gasteiger partial charge is 0.261 e. The van der Waals surface area contributed by atoms with E-state index < -0.39 is 13.9 Å². The summed E-state index contributed by atoms with van der Waals surface area (Å²) in [6, 6.07) is 29.2. The molecule has 0 aliphatic heterocycles. The van der Waals surface area contributed by atoms with Gasteiger partial charge in [-0.25, -0.2) is 0 Å². The molecule has 4 nitrogen and oxygen atoms in total. The van der Waals surface area contributed by atoms with Crippen molar-refractivity contribution in [3.05, 3.63) is 103 Å². The zero-order valence-electron chi connectivity index (χ0n) is 24.7. The molecular formula is C34H46O4Si. The Morgan fingerprint density at radius 3 is 1.77 bits per heavy atom. The molecule has 0 radical (unpaired) electrons. The predicted molar refractivity (Wildman–Crippen MR) is 164 cm³/mol. The molecule has 0 bridgehead atoms. The van der Waals surface area contributed by atoms with Crippen LogP contribution in [0.2, 0.25) is 5.04 Å². The highest BCUT2D eigenvalue weighted by atomic mass is 28.4. The van der Waals surface area contributed by atoms with Gasteiger partial charge in [0.15, 0.2) is 0 Å². The van der Waals surface area contributed by atoms with Crippen LogP contribution >= 0.6 is 0 Å². The second-order valence-corrected chi connectivity index (χ2v) is 16.6. The number of methoxy groups -OCH3 is 1. The monoisotopic (exact) mass is 546 g/mol. The molecule has 0 unspecified atom stereocenters. The maximum Gasteiger partial charge on any atom is 0.261 e. The third-order valence-electron chi connectivity index (χ3n) is 7.29. The fraction of sp³-hybridized carbons (Fsp3) is 0.412. The van der Waals surface area contributed by atoms with Crippen molar-refractivity contribution in [1.82, 2.24) is 0 Å². The minimum absolute atomic E-state index is 0.0566. The van der Waals surface area contributed by atoms with Gasteiger partial charge in [-0.3, -0.25) is 0 Å². The van der Waals surface area contributed by atoms with E-state index in [1.165, 1.54) is 10.4 Å². The number of aliphatic hydroxyl groups excluding tert-OH is 1. The Bertz CT molecular complexity index is 1130. The first-order valence-electron chi connectivity index (χ1n) is 13.8. The topological polar surface area (TPSA) is 47.9 Å². The Morgan fingerprint density at radius 1 is 0.769 bits per heavy atom. The van der Waals surface area contributed by atoms with Gasteiger partial charge in [-0.15, -0.1) is 0 Å². The highest BCUT2D eigenvalue weighted by Gasteiger charge is 2.49. The second-order valence-electron chi connectivity index (χ2n) is 12.3. The van der Waals surface area contributed by atoms with E-state index in [1.807, 2.05) is 31.2 Å². The molecule has 39 heavy (non-hydrogen) atoms. The van der Waals surface area contributed by atoms with Gasteiger partial charge in [-0.2, -0.15) is 0 Å². The van der Waals surface area contributed by atoms with Gasteiger partial charge in [0.05, 0.1) is 32.5 Å². The van der Waals surface area contributed by atoms with Crippen LogP contribution in [-0.4, -0.2) is 39.3 Å². The van der Waals surface area contributed by atoms with Crippen LogP contribution < -0.4 is 15.1 Å². The molecular weight excluding hydrogens is 500 g/mol. The minimum atomic E-state index is -2.58. The number of hydrogen-bond donors (Lipinski definition) is 1. The van der Waals surface area contributed by atoms with Crippen LogP contribution in [0.15, 0.2) is 97.1 Å². The summed E-state index contributed by atoms with van der Waals surface area (Å²) >= 11 is 0. The Hall–Kier alpha value is -2.70. The molecule has 3 aromatic rings. The van der Waals surface area contributed by atoms with E-state index in [-0.39, 0.29) is 17.1 Å². The van der Waals surface area contributed by atoms with Gasteiger partial charge < -0.3 is 19.0 Å². The van der Waals surface area contributed by atoms with Crippen LogP contribution in [0.4, 0.5) is 0 Å². The Labute approximate surface area is 236 Å². The standard InChI is InChI=1S/C34H46O4Si/c1-32(2,3)39(30-15-10-8-11-16-30,31-17-12-9-13-18-31)38-24-14-23-33(4,5)26-34(6,27-35)37-25-28-19-21-29(36-7)22-20-28/h8-23,35H,24-27H2,1-7H3/b23-14+/t34-/m1/s1. The number of hydrogen-bond acceptors (Lipinski definition) is 4. The summed E-state index contributed by atoms with van der Waals surface area (Å²) in [6.07, 6.45) is 5.01. The molecule has 5 heteroatoms. The molecule has 3 aromatic carbocycles. The van der Waals surface area contributed by atoms with E-state index in [0.717, 1.165) is 11.3 Å². The van der Waals surface area contributed by atoms with Crippen molar-refractivity contribution in [2.75, 3.05) is 20.3 Å². The van der Waals surface area contributed by atoms with E-state index in [9.17, 15) is 5.11 Å². The van der Waals surface area contributed by atoms with Gasteiger partial charge in [-0.05, 0) is 51.9 Å². The van der Waals surface area contributed by atoms with Crippen LogP contribution in [-0.2, 0) is 15.8 Å². The fourth-order valence-electron chi connectivity index (χ4n) is 5.46. The molecule has 0 fully saturated rings. The number of aliphatic hydroxyl groups is 1. The molecule has 0 aliphatic rings. The molecule has 0 aliphatic carbocycles. The molecule has 0 heterocycles. The zero-order valence-corrected chi connectivity index (χ0v) is 25.7. The van der Waals surface area contributed by atoms with Crippen molar-refractivity contribution in [1.29, 1.82) is 0 Å². The lowest BCUT2D eigenvalue weighted by molar-refractivity contribution is -0.0942. The molecule has 0 aromatic heterocycles. The first-order valence-corrected chi connectivity index (χ1v) is 15.7. The minimum Gasteiger partial charge on any atom is -0.497 e. The molecule has 0 saturated carbocycles. The van der Waals surface area contributed by atoms with Gasteiger partial charge in [-0.1, -0.05) is 120 Å². The SMILES string of the molecule is COc1ccc(CO[C@@](C)(CO)CC(C)(C)/C=C/CO[Si](c2ccccc2)(c2ccccc2)C(C)(C)C)cc1. The number of allylic oxidation sites excluding steroid dienone is 1. The average Bonchev–Trinajstić information content (AvgIpc) is 2.92. The second kappa shape index (κ2) is 13.1. The van der Waals surface area contributed by atoms with Crippen molar-refractivity contribution in [2.45, 2.75) is 65.2 Å². The average molecular weight is 547 g/mol. The first-order chi connectivity index (χ1) is 18.4. The zero-order chi connectivity index (χ0) is 28.6. The van der Waals surface area contributed by atoms with Crippen LogP contribution in [0.25, 0.3) is 0 Å². The van der Waals surface area contributed by atoms with Crippen molar-refractivity contribution < 1.29 is 19.0 Å². The molecule has 0 spiro atoms. The summed E-state index contributed by atoms with van der Waals surface area (Å²) < 4.78 is 18.5. The van der Waals surface area contributed by atoms with E-state index in [1.54, 1.807) is 7.11 Å². The summed E-state index contributed by atoms with van der Waals surface area (Å²) in [4.78, 5) is 0. The maximum absolute atomic E-state index is 10.2. The molecule has 0 amide bonds. The van der Waals surface area contributed by atoms with E-state index >= 15 is 0 Å². The highest BCUT2D eigenvalue weighted by molar-refractivity contribution is 6.99. The Balaban J connectivity index is 1.74. The number of ether oxygens (including phenoxy) is 2. The highest BCUT2D eigenvalue weighted by Crippen LogP contribution is 2.37. The maximum atomic E-state index is 10.2. The van der Waals surface area contributed by atoms with Crippen LogP contribution in [0.3, 0.4) is 0 Å².